The van der Waals surface area contributed by atoms with Crippen LogP contribution in [0.15, 0.2) is 41.3 Å². The van der Waals surface area contributed by atoms with Gasteiger partial charge in [0.1, 0.15) is 10.6 Å². The predicted octanol–water partition coefficient (Wildman–Crippen LogP) is 2.53. The van der Waals surface area contributed by atoms with E-state index in [4.69, 9.17) is 4.74 Å². The van der Waals surface area contributed by atoms with E-state index in [1.54, 1.807) is 19.9 Å². The van der Waals surface area contributed by atoms with Gasteiger partial charge in [0.25, 0.3) is 5.69 Å². The van der Waals surface area contributed by atoms with Gasteiger partial charge >= 0.3 is 0 Å². The molecule has 0 aliphatic carbocycles. The fourth-order valence-electron chi connectivity index (χ4n) is 2.44. The zero-order chi connectivity index (χ0) is 21.1. The van der Waals surface area contributed by atoms with Crippen LogP contribution in [0.25, 0.3) is 0 Å². The first kappa shape index (κ1) is 21.3. The number of rotatable bonds is 7. The Kier molecular flexibility index (Phi) is 6.37. The van der Waals surface area contributed by atoms with Crippen LogP contribution >= 0.6 is 0 Å². The number of nitrogens with zero attached hydrogens (tertiary/aromatic N) is 1. The lowest BCUT2D eigenvalue weighted by Gasteiger charge is -2.17. The Morgan fingerprint density at radius 3 is 2.46 bits per heavy atom. The topological polar surface area (TPSA) is 128 Å². The summed E-state index contributed by atoms with van der Waals surface area (Å²) in [6.45, 7) is 4.79. The Morgan fingerprint density at radius 1 is 1.18 bits per heavy atom. The molecule has 1 amide bonds. The smallest absolute Gasteiger partial charge is 0.271 e. The standard InChI is InChI=1S/C18H21N3O6S/c1-11-5-8-16(27-4)17(9-11)28(25,26)20-13(3)18(22)19-15-10-14(21(23)24)7-6-12(15)2/h5-10,13,20H,1-4H3,(H,19,22)/t13-/m0/s1. The lowest BCUT2D eigenvalue weighted by molar-refractivity contribution is -0.384. The molecule has 28 heavy (non-hydrogen) atoms. The molecule has 0 radical (unpaired) electrons. The van der Waals surface area contributed by atoms with Gasteiger partial charge in [-0.3, -0.25) is 14.9 Å². The van der Waals surface area contributed by atoms with Gasteiger partial charge in [0.05, 0.1) is 23.8 Å². The van der Waals surface area contributed by atoms with E-state index in [1.807, 2.05) is 0 Å². The number of benzene rings is 2. The second-order valence-corrected chi connectivity index (χ2v) is 7.93. The summed E-state index contributed by atoms with van der Waals surface area (Å²) < 4.78 is 32.8. The number of hydrogen-bond acceptors (Lipinski definition) is 6. The van der Waals surface area contributed by atoms with E-state index >= 15 is 0 Å². The number of anilines is 1. The Hall–Kier alpha value is -2.98. The fourth-order valence-corrected chi connectivity index (χ4v) is 3.90. The van der Waals surface area contributed by atoms with Crippen molar-refractivity contribution >= 4 is 27.3 Å². The van der Waals surface area contributed by atoms with Gasteiger partial charge in [-0.2, -0.15) is 4.72 Å². The molecule has 2 N–H and O–H groups in total. The van der Waals surface area contributed by atoms with Gasteiger partial charge in [-0.25, -0.2) is 8.42 Å². The molecule has 0 aromatic heterocycles. The number of hydrogen-bond donors (Lipinski definition) is 2. The van der Waals surface area contributed by atoms with Gasteiger partial charge in [0.2, 0.25) is 15.9 Å². The Labute approximate surface area is 162 Å². The molecule has 0 bridgehead atoms. The van der Waals surface area contributed by atoms with E-state index in [2.05, 4.69) is 10.0 Å². The number of nitrogens with one attached hydrogen (secondary N) is 2. The van der Waals surface area contributed by atoms with Crippen molar-refractivity contribution in [2.75, 3.05) is 12.4 Å². The van der Waals surface area contributed by atoms with Crippen LogP contribution in [0.1, 0.15) is 18.1 Å². The number of carbonyl (C=O) groups is 1. The van der Waals surface area contributed by atoms with E-state index in [-0.39, 0.29) is 22.0 Å². The molecule has 150 valence electrons. The maximum Gasteiger partial charge on any atom is 0.271 e. The number of amides is 1. The predicted molar refractivity (Wildman–Crippen MR) is 104 cm³/mol. The zero-order valence-electron chi connectivity index (χ0n) is 15.8. The van der Waals surface area contributed by atoms with Crippen LogP contribution in [0.3, 0.4) is 0 Å². The van der Waals surface area contributed by atoms with Crippen LogP contribution in [0.5, 0.6) is 5.75 Å². The molecule has 1 atom stereocenters. The Morgan fingerprint density at radius 2 is 1.86 bits per heavy atom. The first-order valence-electron chi connectivity index (χ1n) is 8.28. The molecule has 0 saturated carbocycles. The molecule has 2 aromatic carbocycles. The van der Waals surface area contributed by atoms with Crippen molar-refractivity contribution in [1.82, 2.24) is 4.72 Å². The lowest BCUT2D eigenvalue weighted by atomic mass is 10.1. The van der Waals surface area contributed by atoms with Gasteiger partial charge in [0.15, 0.2) is 0 Å². The second-order valence-electron chi connectivity index (χ2n) is 6.24. The molecule has 9 nitrogen and oxygen atoms in total. The molecular formula is C18H21N3O6S. The quantitative estimate of drug-likeness (QED) is 0.536. The Balaban J connectivity index is 2.22. The summed E-state index contributed by atoms with van der Waals surface area (Å²) in [5.41, 5.74) is 1.37. The third-order valence-electron chi connectivity index (χ3n) is 4.02. The monoisotopic (exact) mass is 407 g/mol. The number of carbonyl (C=O) groups excluding carboxylic acids is 1. The molecular weight excluding hydrogens is 386 g/mol. The van der Waals surface area contributed by atoms with Crippen LogP contribution in [0.2, 0.25) is 0 Å². The summed E-state index contributed by atoms with van der Waals surface area (Å²) in [7, 11) is -2.69. The van der Waals surface area contributed by atoms with E-state index in [0.717, 1.165) is 0 Å². The highest BCUT2D eigenvalue weighted by Gasteiger charge is 2.25. The van der Waals surface area contributed by atoms with Gasteiger partial charge in [-0.15, -0.1) is 0 Å². The fraction of sp³-hybridized carbons (Fsp3) is 0.278. The second kappa shape index (κ2) is 8.36. The van der Waals surface area contributed by atoms with Crippen LogP contribution in [0.4, 0.5) is 11.4 Å². The Bertz CT molecular complexity index is 1020. The minimum absolute atomic E-state index is 0.0822. The number of methoxy groups -OCH3 is 1. The summed E-state index contributed by atoms with van der Waals surface area (Å²) in [6.07, 6.45) is 0. The van der Waals surface area contributed by atoms with Gasteiger partial charge in [-0.1, -0.05) is 12.1 Å². The average Bonchev–Trinajstić information content (AvgIpc) is 2.62. The van der Waals surface area contributed by atoms with Crippen molar-refractivity contribution in [1.29, 1.82) is 0 Å². The zero-order valence-corrected chi connectivity index (χ0v) is 16.7. The van der Waals surface area contributed by atoms with Crippen LogP contribution in [0, 0.1) is 24.0 Å². The van der Waals surface area contributed by atoms with Crippen molar-refractivity contribution < 1.29 is 22.9 Å². The van der Waals surface area contributed by atoms with E-state index in [0.29, 0.717) is 11.1 Å². The number of aryl methyl sites for hydroxylation is 2. The molecule has 0 aliphatic heterocycles. The first-order chi connectivity index (χ1) is 13.0. The number of nitro benzene ring substituents is 1. The van der Waals surface area contributed by atoms with Crippen LogP contribution in [-0.2, 0) is 14.8 Å². The first-order valence-corrected chi connectivity index (χ1v) is 9.76. The van der Waals surface area contributed by atoms with E-state index in [1.165, 1.54) is 44.4 Å². The number of non-ortho nitro benzene ring substituents is 1. The van der Waals surface area contributed by atoms with Crippen LogP contribution in [-0.4, -0.2) is 32.4 Å². The number of nitro groups is 1. The molecule has 0 heterocycles. The minimum Gasteiger partial charge on any atom is -0.495 e. The molecule has 2 rings (SSSR count). The van der Waals surface area contributed by atoms with Gasteiger partial charge in [-0.05, 0) is 44.0 Å². The molecule has 0 saturated heterocycles. The van der Waals surface area contributed by atoms with Gasteiger partial charge in [0, 0.05) is 12.1 Å². The van der Waals surface area contributed by atoms with Crippen molar-refractivity contribution in [3.8, 4) is 5.75 Å². The molecule has 0 unspecified atom stereocenters. The van der Waals surface area contributed by atoms with Crippen molar-refractivity contribution in [3.63, 3.8) is 0 Å². The maximum absolute atomic E-state index is 12.7. The molecule has 0 fully saturated rings. The summed E-state index contributed by atoms with van der Waals surface area (Å²) in [6, 6.07) is 7.59. The molecule has 0 aliphatic rings. The summed E-state index contributed by atoms with van der Waals surface area (Å²) in [4.78, 5) is 22.7. The summed E-state index contributed by atoms with van der Waals surface area (Å²) in [5, 5.41) is 13.4. The third kappa shape index (κ3) is 4.84. The molecule has 2 aromatic rings. The third-order valence-corrected chi connectivity index (χ3v) is 5.59. The van der Waals surface area contributed by atoms with Crippen molar-refractivity contribution in [2.45, 2.75) is 31.7 Å². The highest BCUT2D eigenvalue weighted by Crippen LogP contribution is 2.25. The highest BCUT2D eigenvalue weighted by molar-refractivity contribution is 7.89. The minimum atomic E-state index is -4.04. The largest absolute Gasteiger partial charge is 0.495 e. The van der Waals surface area contributed by atoms with Crippen molar-refractivity contribution in [2.24, 2.45) is 0 Å². The molecule has 10 heteroatoms. The highest BCUT2D eigenvalue weighted by atomic mass is 32.2. The SMILES string of the molecule is COc1ccc(C)cc1S(=O)(=O)N[C@@H](C)C(=O)Nc1cc([N+](=O)[O-])ccc1C. The van der Waals surface area contributed by atoms with Gasteiger partial charge < -0.3 is 10.1 Å². The molecule has 0 spiro atoms. The normalized spacial score (nSPS) is 12.3. The van der Waals surface area contributed by atoms with Crippen LogP contribution < -0.4 is 14.8 Å². The lowest BCUT2D eigenvalue weighted by Crippen LogP contribution is -2.41. The summed E-state index contributed by atoms with van der Waals surface area (Å²) in [5.74, 6) is -0.501. The number of ether oxygens (including phenoxy) is 1. The maximum atomic E-state index is 12.7. The van der Waals surface area contributed by atoms with E-state index in [9.17, 15) is 23.3 Å². The average molecular weight is 407 g/mol. The van der Waals surface area contributed by atoms with Crippen molar-refractivity contribution in [3.05, 3.63) is 57.6 Å². The van der Waals surface area contributed by atoms with E-state index < -0.39 is 26.9 Å². The number of sulfonamides is 1. The summed E-state index contributed by atoms with van der Waals surface area (Å²) >= 11 is 0.